The van der Waals surface area contributed by atoms with Crippen molar-refractivity contribution in [2.24, 2.45) is 0 Å². The van der Waals surface area contributed by atoms with Gasteiger partial charge in [0.15, 0.2) is 0 Å². The SMILES string of the molecule is CCC(C)(O)CC(O)(CC)CC.O=C(O)c1ccccc1.O=C(O)c1ccccc1. The number of carboxylic acid groups (broad SMARTS) is 2. The highest BCUT2D eigenvalue weighted by atomic mass is 16.4. The Morgan fingerprint density at radius 3 is 1.23 bits per heavy atom. The molecule has 6 heteroatoms. The van der Waals surface area contributed by atoms with Crippen molar-refractivity contribution in [2.45, 2.75) is 64.6 Å². The van der Waals surface area contributed by atoms with Gasteiger partial charge in [-0.25, -0.2) is 9.59 Å². The Hall–Kier alpha value is -2.70. The van der Waals surface area contributed by atoms with Gasteiger partial charge in [-0.3, -0.25) is 0 Å². The van der Waals surface area contributed by atoms with Gasteiger partial charge < -0.3 is 20.4 Å². The second-order valence-electron chi connectivity index (χ2n) is 7.30. The predicted molar refractivity (Wildman–Crippen MR) is 118 cm³/mol. The average molecular weight is 419 g/mol. The van der Waals surface area contributed by atoms with E-state index in [1.165, 1.54) is 0 Å². The normalized spacial score (nSPS) is 12.3. The summed E-state index contributed by atoms with van der Waals surface area (Å²) in [7, 11) is 0. The van der Waals surface area contributed by atoms with E-state index >= 15 is 0 Å². The Morgan fingerprint density at radius 2 is 1.03 bits per heavy atom. The first-order chi connectivity index (χ1) is 14.0. The lowest BCUT2D eigenvalue weighted by Gasteiger charge is -2.33. The van der Waals surface area contributed by atoms with Gasteiger partial charge in [-0.2, -0.15) is 0 Å². The molecular formula is C24H34O6. The first-order valence-corrected chi connectivity index (χ1v) is 10.0. The monoisotopic (exact) mass is 418 g/mol. The van der Waals surface area contributed by atoms with Gasteiger partial charge in [0.25, 0.3) is 0 Å². The third kappa shape index (κ3) is 11.3. The van der Waals surface area contributed by atoms with Crippen LogP contribution in [0.1, 0.15) is 74.1 Å². The molecule has 1 atom stereocenters. The van der Waals surface area contributed by atoms with Crippen LogP contribution in [-0.4, -0.2) is 43.6 Å². The van der Waals surface area contributed by atoms with Gasteiger partial charge in [-0.1, -0.05) is 57.2 Å². The first-order valence-electron chi connectivity index (χ1n) is 10.0. The van der Waals surface area contributed by atoms with Crippen molar-refractivity contribution in [2.75, 3.05) is 0 Å². The summed E-state index contributed by atoms with van der Waals surface area (Å²) in [5.74, 6) is -1.76. The second-order valence-corrected chi connectivity index (χ2v) is 7.30. The van der Waals surface area contributed by atoms with E-state index in [-0.39, 0.29) is 0 Å². The van der Waals surface area contributed by atoms with Crippen LogP contribution in [0.3, 0.4) is 0 Å². The smallest absolute Gasteiger partial charge is 0.335 e. The number of hydrogen-bond acceptors (Lipinski definition) is 4. The Kier molecular flexibility index (Phi) is 12.3. The summed E-state index contributed by atoms with van der Waals surface area (Å²) in [4.78, 5) is 20.4. The highest BCUT2D eigenvalue weighted by Crippen LogP contribution is 2.28. The van der Waals surface area contributed by atoms with Crippen LogP contribution in [0, 0.1) is 0 Å². The van der Waals surface area contributed by atoms with Gasteiger partial charge >= 0.3 is 11.9 Å². The van der Waals surface area contributed by atoms with Crippen molar-refractivity contribution in [1.82, 2.24) is 0 Å². The largest absolute Gasteiger partial charge is 0.478 e. The molecule has 2 aromatic rings. The molecule has 0 radical (unpaired) electrons. The molecule has 0 saturated carbocycles. The molecule has 30 heavy (non-hydrogen) atoms. The van der Waals surface area contributed by atoms with Gasteiger partial charge in [0.2, 0.25) is 0 Å². The van der Waals surface area contributed by atoms with Crippen molar-refractivity contribution in [3.63, 3.8) is 0 Å². The van der Waals surface area contributed by atoms with Crippen LogP contribution in [0.5, 0.6) is 0 Å². The third-order valence-electron chi connectivity index (χ3n) is 4.83. The summed E-state index contributed by atoms with van der Waals surface area (Å²) in [6.45, 7) is 7.62. The molecule has 0 saturated heterocycles. The van der Waals surface area contributed by atoms with Crippen LogP contribution < -0.4 is 0 Å². The summed E-state index contributed by atoms with van der Waals surface area (Å²) in [6, 6.07) is 16.6. The molecule has 0 heterocycles. The molecule has 0 aromatic heterocycles. The van der Waals surface area contributed by atoms with Gasteiger partial charge in [0.1, 0.15) is 0 Å². The highest BCUT2D eigenvalue weighted by molar-refractivity contribution is 5.87. The van der Waals surface area contributed by atoms with Crippen LogP contribution in [-0.2, 0) is 0 Å². The van der Waals surface area contributed by atoms with E-state index in [4.69, 9.17) is 10.2 Å². The van der Waals surface area contributed by atoms with E-state index in [0.29, 0.717) is 36.8 Å². The standard InChI is InChI=1S/C10H22O2.2C7H6O2/c1-5-9(4,11)8-10(12,6-2)7-3;2*8-7(9)6-4-2-1-3-5-6/h11-12H,5-8H2,1-4H3;2*1-5H,(H,8,9). The van der Waals surface area contributed by atoms with Crippen LogP contribution in [0.2, 0.25) is 0 Å². The quantitative estimate of drug-likeness (QED) is 0.510. The topological polar surface area (TPSA) is 115 Å². The molecule has 1 unspecified atom stereocenters. The Bertz CT molecular complexity index is 687. The molecule has 6 nitrogen and oxygen atoms in total. The molecule has 0 aliphatic heterocycles. The molecule has 4 N–H and O–H groups in total. The maximum Gasteiger partial charge on any atom is 0.335 e. The summed E-state index contributed by atoms with van der Waals surface area (Å²) < 4.78 is 0. The van der Waals surface area contributed by atoms with E-state index in [1.54, 1.807) is 67.6 Å². The number of carboxylic acids is 2. The van der Waals surface area contributed by atoms with Gasteiger partial charge in [0, 0.05) is 6.42 Å². The molecule has 2 rings (SSSR count). The fourth-order valence-electron chi connectivity index (χ4n) is 2.50. The lowest BCUT2D eigenvalue weighted by molar-refractivity contribution is -0.0608. The Morgan fingerprint density at radius 1 is 0.700 bits per heavy atom. The number of aromatic carboxylic acids is 2. The average Bonchev–Trinajstić information content (AvgIpc) is 2.75. The lowest BCUT2D eigenvalue weighted by atomic mass is 9.83. The van der Waals surface area contributed by atoms with E-state index < -0.39 is 23.1 Å². The molecule has 0 aliphatic rings. The highest BCUT2D eigenvalue weighted by Gasteiger charge is 2.31. The molecule has 166 valence electrons. The first kappa shape index (κ1) is 27.3. The van der Waals surface area contributed by atoms with Crippen molar-refractivity contribution in [1.29, 1.82) is 0 Å². The minimum atomic E-state index is -0.879. The summed E-state index contributed by atoms with van der Waals surface area (Å²) >= 11 is 0. The second kappa shape index (κ2) is 13.5. The summed E-state index contributed by atoms with van der Waals surface area (Å²) in [5.41, 5.74) is -0.740. The molecule has 2 aromatic carbocycles. The maximum atomic E-state index is 10.2. The Labute approximate surface area is 178 Å². The van der Waals surface area contributed by atoms with Gasteiger partial charge in [-0.05, 0) is 50.5 Å². The summed E-state index contributed by atoms with van der Waals surface area (Å²) in [5, 5.41) is 36.5. The van der Waals surface area contributed by atoms with Crippen LogP contribution >= 0.6 is 0 Å². The Balaban J connectivity index is 0.000000426. The van der Waals surface area contributed by atoms with E-state index in [9.17, 15) is 19.8 Å². The van der Waals surface area contributed by atoms with Crippen LogP contribution in [0.4, 0.5) is 0 Å². The van der Waals surface area contributed by atoms with Crippen molar-refractivity contribution < 1.29 is 30.0 Å². The van der Waals surface area contributed by atoms with E-state index in [1.807, 2.05) is 20.8 Å². The lowest BCUT2D eigenvalue weighted by Crippen LogP contribution is -2.38. The fourth-order valence-corrected chi connectivity index (χ4v) is 2.50. The zero-order valence-corrected chi connectivity index (χ0v) is 18.2. The van der Waals surface area contributed by atoms with Crippen molar-refractivity contribution in [3.8, 4) is 0 Å². The van der Waals surface area contributed by atoms with E-state index in [0.717, 1.165) is 0 Å². The molecule has 0 aliphatic carbocycles. The van der Waals surface area contributed by atoms with Gasteiger partial charge in [0.05, 0.1) is 22.3 Å². The maximum absolute atomic E-state index is 10.2. The zero-order valence-electron chi connectivity index (χ0n) is 18.2. The van der Waals surface area contributed by atoms with Gasteiger partial charge in [-0.15, -0.1) is 0 Å². The van der Waals surface area contributed by atoms with Crippen LogP contribution in [0.15, 0.2) is 60.7 Å². The van der Waals surface area contributed by atoms with Crippen molar-refractivity contribution >= 4 is 11.9 Å². The minimum Gasteiger partial charge on any atom is -0.478 e. The number of aliphatic hydroxyl groups is 2. The number of carbonyl (C=O) groups is 2. The molecular weight excluding hydrogens is 384 g/mol. The number of hydrogen-bond donors (Lipinski definition) is 4. The third-order valence-corrected chi connectivity index (χ3v) is 4.83. The number of benzene rings is 2. The zero-order chi connectivity index (χ0) is 23.2. The predicted octanol–water partition coefficient (Wildman–Crippen LogP) is 4.86. The fraction of sp³-hybridized carbons (Fsp3) is 0.417. The molecule has 0 amide bonds. The summed E-state index contributed by atoms with van der Waals surface area (Å²) in [6.07, 6.45) is 2.58. The number of rotatable bonds is 7. The van der Waals surface area contributed by atoms with Crippen LogP contribution in [0.25, 0.3) is 0 Å². The molecule has 0 spiro atoms. The van der Waals surface area contributed by atoms with E-state index in [2.05, 4.69) is 0 Å². The molecule has 0 fully saturated rings. The minimum absolute atomic E-state index is 0.331. The van der Waals surface area contributed by atoms with Crippen molar-refractivity contribution in [3.05, 3.63) is 71.8 Å². The molecule has 0 bridgehead atoms.